The summed E-state index contributed by atoms with van der Waals surface area (Å²) in [6.45, 7) is 0. The molecule has 110 valence electrons. The molecule has 0 spiro atoms. The molecule has 0 radical (unpaired) electrons. The van der Waals surface area contributed by atoms with E-state index in [9.17, 15) is 4.79 Å². The molecule has 0 N–H and O–H groups in total. The lowest BCUT2D eigenvalue weighted by Gasteiger charge is -1.98. The van der Waals surface area contributed by atoms with E-state index >= 15 is 0 Å². The van der Waals surface area contributed by atoms with Gasteiger partial charge in [0.1, 0.15) is 6.07 Å². The van der Waals surface area contributed by atoms with Gasteiger partial charge >= 0.3 is 0 Å². The highest BCUT2D eigenvalue weighted by atomic mass is 16.1. The predicted molar refractivity (Wildman–Crippen MR) is 82.5 cm³/mol. The fourth-order valence-corrected chi connectivity index (χ4v) is 2.42. The summed E-state index contributed by atoms with van der Waals surface area (Å²) in [6.07, 6.45) is 9.18. The summed E-state index contributed by atoms with van der Waals surface area (Å²) < 4.78 is 0. The molecule has 0 amide bonds. The number of pyridine rings is 2. The molecule has 0 saturated heterocycles. The summed E-state index contributed by atoms with van der Waals surface area (Å²) >= 11 is 0. The monoisotopic (exact) mass is 291 g/mol. The van der Waals surface area contributed by atoms with Crippen LogP contribution in [0, 0.1) is 11.3 Å². The minimum atomic E-state index is 0.566. The van der Waals surface area contributed by atoms with E-state index < -0.39 is 0 Å². The van der Waals surface area contributed by atoms with Crippen LogP contribution in [0.1, 0.15) is 64.8 Å². The third kappa shape index (κ3) is 3.37. The second-order valence-electron chi connectivity index (χ2n) is 5.69. The summed E-state index contributed by atoms with van der Waals surface area (Å²) in [5, 5.41) is 8.71. The first kappa shape index (κ1) is 14.4. The van der Waals surface area contributed by atoms with Gasteiger partial charge in [-0.25, -0.2) is 0 Å². The zero-order chi connectivity index (χ0) is 15.4. The van der Waals surface area contributed by atoms with Gasteiger partial charge in [0.2, 0.25) is 0 Å². The number of aromatic nitrogens is 2. The molecule has 2 aromatic heterocycles. The summed E-state index contributed by atoms with van der Waals surface area (Å²) in [5.74, 6) is 1.14. The van der Waals surface area contributed by atoms with Crippen molar-refractivity contribution in [3.63, 3.8) is 0 Å². The fourth-order valence-electron chi connectivity index (χ4n) is 2.42. The lowest BCUT2D eigenvalue weighted by atomic mass is 10.1. The highest BCUT2D eigenvalue weighted by Crippen LogP contribution is 2.40. The van der Waals surface area contributed by atoms with E-state index in [2.05, 4.69) is 16.0 Å². The standard InChI is InChI=1S/C9H8N2.C9H9NO/c10-6-8-2-1-5-11-9(8)7-3-4-7;11-6-8-2-1-5-10-9(8)7-3-4-7/h1-2,5,7H,3-4H2;1-2,5-7H,3-4H2. The first-order chi connectivity index (χ1) is 10.8. The molecular formula is C18H17N3O. The van der Waals surface area contributed by atoms with Crippen LogP contribution in [0.5, 0.6) is 0 Å². The summed E-state index contributed by atoms with van der Waals surface area (Å²) in [5.41, 5.74) is 3.49. The average molecular weight is 291 g/mol. The van der Waals surface area contributed by atoms with Crippen molar-refractivity contribution in [1.29, 1.82) is 5.26 Å². The number of hydrogen-bond donors (Lipinski definition) is 0. The van der Waals surface area contributed by atoms with Gasteiger partial charge in [-0.1, -0.05) is 0 Å². The van der Waals surface area contributed by atoms with Crippen molar-refractivity contribution in [2.75, 3.05) is 0 Å². The third-order valence-electron chi connectivity index (χ3n) is 3.89. The van der Waals surface area contributed by atoms with Gasteiger partial charge in [0.15, 0.2) is 6.29 Å². The molecule has 2 aromatic rings. The summed E-state index contributed by atoms with van der Waals surface area (Å²) in [7, 11) is 0. The first-order valence-electron chi connectivity index (χ1n) is 7.58. The van der Waals surface area contributed by atoms with Crippen LogP contribution in [0.25, 0.3) is 0 Å². The molecule has 0 aliphatic heterocycles. The van der Waals surface area contributed by atoms with Crippen LogP contribution in [0.2, 0.25) is 0 Å². The van der Waals surface area contributed by atoms with Gasteiger partial charge in [-0.3, -0.25) is 14.8 Å². The zero-order valence-electron chi connectivity index (χ0n) is 12.3. The lowest BCUT2D eigenvalue weighted by molar-refractivity contribution is 0.112. The van der Waals surface area contributed by atoms with Crippen LogP contribution in [0.4, 0.5) is 0 Å². The van der Waals surface area contributed by atoms with Gasteiger partial charge in [0.25, 0.3) is 0 Å². The van der Waals surface area contributed by atoms with Crippen LogP contribution in [0.15, 0.2) is 36.7 Å². The summed E-state index contributed by atoms with van der Waals surface area (Å²) in [4.78, 5) is 18.9. The van der Waals surface area contributed by atoms with Crippen LogP contribution < -0.4 is 0 Å². The highest BCUT2D eigenvalue weighted by Gasteiger charge is 2.27. The number of carbonyl (C=O) groups excluding carboxylic acids is 1. The van der Waals surface area contributed by atoms with E-state index in [1.165, 1.54) is 25.7 Å². The van der Waals surface area contributed by atoms with E-state index in [4.69, 9.17) is 5.26 Å². The highest BCUT2D eigenvalue weighted by molar-refractivity contribution is 5.76. The Balaban J connectivity index is 0.000000131. The summed E-state index contributed by atoms with van der Waals surface area (Å²) in [6, 6.07) is 9.43. The van der Waals surface area contributed by atoms with Gasteiger partial charge < -0.3 is 0 Å². The second kappa shape index (κ2) is 6.48. The Morgan fingerprint density at radius 2 is 1.59 bits per heavy atom. The Kier molecular flexibility index (Phi) is 4.24. The van der Waals surface area contributed by atoms with Crippen molar-refractivity contribution < 1.29 is 4.79 Å². The maximum absolute atomic E-state index is 10.5. The Morgan fingerprint density at radius 1 is 1.00 bits per heavy atom. The SMILES string of the molecule is N#Cc1cccnc1C1CC1.O=Cc1cccnc1C1CC1. The number of hydrogen-bond acceptors (Lipinski definition) is 4. The minimum Gasteiger partial charge on any atom is -0.298 e. The van der Waals surface area contributed by atoms with Crippen molar-refractivity contribution in [1.82, 2.24) is 9.97 Å². The zero-order valence-corrected chi connectivity index (χ0v) is 12.3. The Hall–Kier alpha value is -2.54. The molecule has 0 unspecified atom stereocenters. The van der Waals surface area contributed by atoms with Gasteiger partial charge in [0.05, 0.1) is 17.0 Å². The number of aldehydes is 1. The van der Waals surface area contributed by atoms with Crippen molar-refractivity contribution in [3.8, 4) is 6.07 Å². The van der Waals surface area contributed by atoms with E-state index in [0.717, 1.165) is 28.8 Å². The lowest BCUT2D eigenvalue weighted by Crippen LogP contribution is -1.92. The number of carbonyl (C=O) groups is 1. The van der Waals surface area contributed by atoms with Crippen LogP contribution >= 0.6 is 0 Å². The number of rotatable bonds is 3. The van der Waals surface area contributed by atoms with Gasteiger partial charge in [-0.2, -0.15) is 5.26 Å². The fraction of sp³-hybridized carbons (Fsp3) is 0.333. The first-order valence-corrected chi connectivity index (χ1v) is 7.58. The maximum Gasteiger partial charge on any atom is 0.151 e. The molecule has 2 aliphatic rings. The van der Waals surface area contributed by atoms with Gasteiger partial charge in [-0.15, -0.1) is 0 Å². The van der Waals surface area contributed by atoms with E-state index in [-0.39, 0.29) is 0 Å². The van der Waals surface area contributed by atoms with Gasteiger partial charge in [-0.05, 0) is 49.9 Å². The number of nitriles is 1. The van der Waals surface area contributed by atoms with Crippen molar-refractivity contribution >= 4 is 6.29 Å². The van der Waals surface area contributed by atoms with Gasteiger partial charge in [0, 0.05) is 29.8 Å². The molecule has 2 aliphatic carbocycles. The van der Waals surface area contributed by atoms with Crippen LogP contribution in [0.3, 0.4) is 0 Å². The molecule has 0 aromatic carbocycles. The molecule has 0 bridgehead atoms. The minimum absolute atomic E-state index is 0.566. The van der Waals surface area contributed by atoms with E-state index in [1.54, 1.807) is 18.5 Å². The Labute approximate surface area is 129 Å². The Bertz CT molecular complexity index is 712. The number of nitrogens with zero attached hydrogens (tertiary/aromatic N) is 3. The maximum atomic E-state index is 10.5. The second-order valence-corrected chi connectivity index (χ2v) is 5.69. The molecule has 0 atom stereocenters. The average Bonchev–Trinajstić information content (AvgIpc) is 3.48. The Morgan fingerprint density at radius 3 is 2.18 bits per heavy atom. The van der Waals surface area contributed by atoms with Crippen molar-refractivity contribution in [3.05, 3.63) is 59.2 Å². The normalized spacial score (nSPS) is 16.1. The van der Waals surface area contributed by atoms with Crippen LogP contribution in [-0.4, -0.2) is 16.3 Å². The molecular weight excluding hydrogens is 274 g/mol. The quantitative estimate of drug-likeness (QED) is 0.810. The van der Waals surface area contributed by atoms with Crippen molar-refractivity contribution in [2.24, 2.45) is 0 Å². The molecule has 4 heteroatoms. The molecule has 2 heterocycles. The van der Waals surface area contributed by atoms with Crippen molar-refractivity contribution in [2.45, 2.75) is 37.5 Å². The molecule has 4 nitrogen and oxygen atoms in total. The molecule has 22 heavy (non-hydrogen) atoms. The van der Waals surface area contributed by atoms with Crippen LogP contribution in [-0.2, 0) is 0 Å². The predicted octanol–water partition coefficient (Wildman–Crippen LogP) is 3.60. The van der Waals surface area contributed by atoms with E-state index in [1.807, 2.05) is 18.2 Å². The molecule has 4 rings (SSSR count). The largest absolute Gasteiger partial charge is 0.298 e. The van der Waals surface area contributed by atoms with E-state index in [0.29, 0.717) is 11.8 Å². The molecule has 2 saturated carbocycles. The third-order valence-corrected chi connectivity index (χ3v) is 3.89. The molecule has 2 fully saturated rings. The smallest absolute Gasteiger partial charge is 0.151 e. The topological polar surface area (TPSA) is 66.6 Å².